The molecule has 1 heterocycles. The van der Waals surface area contributed by atoms with Crippen molar-refractivity contribution in [3.05, 3.63) is 0 Å². The number of piperidine rings is 1. The molecule has 0 aromatic carbocycles. The minimum Gasteiger partial charge on any atom is -0.314 e. The van der Waals surface area contributed by atoms with Crippen LogP contribution in [0.15, 0.2) is 0 Å². The van der Waals surface area contributed by atoms with Gasteiger partial charge in [-0.2, -0.15) is 10.3 Å². The summed E-state index contributed by atoms with van der Waals surface area (Å²) in [6.45, 7) is 3.96. The van der Waals surface area contributed by atoms with Gasteiger partial charge in [0.15, 0.2) is 0 Å². The van der Waals surface area contributed by atoms with Gasteiger partial charge in [0.1, 0.15) is 5.54 Å². The van der Waals surface area contributed by atoms with Crippen LogP contribution in [-0.2, 0) is 0 Å². The highest BCUT2D eigenvalue weighted by molar-refractivity contribution is 5.08. The zero-order chi connectivity index (χ0) is 9.03. The maximum atomic E-state index is 9.10. The topological polar surface area (TPSA) is 59.3 Å². The van der Waals surface area contributed by atoms with Gasteiger partial charge in [0, 0.05) is 13.1 Å². The lowest BCUT2D eigenvalue weighted by atomic mass is 9.90. The number of hydrogen-bond donors (Lipinski definition) is 2. The van der Waals surface area contributed by atoms with Crippen LogP contribution in [0.25, 0.3) is 0 Å². The van der Waals surface area contributed by atoms with E-state index in [4.69, 9.17) is 10.5 Å². The molecule has 1 aliphatic heterocycles. The molecule has 0 unspecified atom stereocenters. The van der Waals surface area contributed by atoms with E-state index < -0.39 is 5.54 Å². The second kappa shape index (κ2) is 3.85. The highest BCUT2D eigenvalue weighted by Gasteiger charge is 2.33. The minimum absolute atomic E-state index is 0.395. The van der Waals surface area contributed by atoms with Gasteiger partial charge in [0.05, 0.1) is 6.07 Å². The zero-order valence-electron chi connectivity index (χ0n) is 7.38. The number of hydroxylamine groups is 2. The maximum Gasteiger partial charge on any atom is 0.109 e. The average Bonchev–Trinajstić information content (AvgIpc) is 2.10. The molecule has 68 valence electrons. The van der Waals surface area contributed by atoms with Crippen molar-refractivity contribution in [2.75, 3.05) is 19.6 Å². The summed E-state index contributed by atoms with van der Waals surface area (Å²) in [6, 6.07) is 2.29. The van der Waals surface area contributed by atoms with Crippen molar-refractivity contribution in [1.29, 1.82) is 5.26 Å². The molecular formula is C8H15N3O. The van der Waals surface area contributed by atoms with Gasteiger partial charge in [-0.1, -0.05) is 6.92 Å². The van der Waals surface area contributed by atoms with Crippen molar-refractivity contribution in [1.82, 2.24) is 10.4 Å². The Morgan fingerprint density at radius 1 is 1.58 bits per heavy atom. The first-order chi connectivity index (χ1) is 5.72. The molecule has 0 aliphatic carbocycles. The van der Waals surface area contributed by atoms with Crippen LogP contribution in [0, 0.1) is 11.3 Å². The molecule has 4 nitrogen and oxygen atoms in total. The largest absolute Gasteiger partial charge is 0.314 e. The summed E-state index contributed by atoms with van der Waals surface area (Å²) in [7, 11) is 0. The number of nitriles is 1. The smallest absolute Gasteiger partial charge is 0.109 e. The third-order valence-corrected chi connectivity index (χ3v) is 2.32. The molecule has 0 aromatic heterocycles. The molecule has 1 aliphatic rings. The number of hydrogen-bond acceptors (Lipinski definition) is 4. The van der Waals surface area contributed by atoms with Crippen molar-refractivity contribution >= 4 is 0 Å². The van der Waals surface area contributed by atoms with E-state index in [0.717, 1.165) is 6.54 Å². The van der Waals surface area contributed by atoms with Crippen LogP contribution in [-0.4, -0.2) is 35.4 Å². The van der Waals surface area contributed by atoms with Gasteiger partial charge in [-0.15, -0.1) is 0 Å². The third kappa shape index (κ3) is 1.95. The normalized spacial score (nSPS) is 23.4. The Kier molecular flexibility index (Phi) is 3.04. The third-order valence-electron chi connectivity index (χ3n) is 2.32. The minimum atomic E-state index is -0.395. The van der Waals surface area contributed by atoms with E-state index in [1.165, 1.54) is 5.06 Å². The van der Waals surface area contributed by atoms with Crippen LogP contribution in [0.3, 0.4) is 0 Å². The maximum absolute atomic E-state index is 9.10. The molecule has 1 fully saturated rings. The Labute approximate surface area is 72.7 Å². The van der Waals surface area contributed by atoms with Gasteiger partial charge in [-0.3, -0.25) is 5.32 Å². The van der Waals surface area contributed by atoms with Gasteiger partial charge >= 0.3 is 0 Å². The Hall–Kier alpha value is -0.630. The molecule has 4 heteroatoms. The fourth-order valence-electron chi connectivity index (χ4n) is 1.54. The Morgan fingerprint density at radius 3 is 2.58 bits per heavy atom. The van der Waals surface area contributed by atoms with E-state index in [2.05, 4.69) is 11.4 Å². The first kappa shape index (κ1) is 9.46. The Balaban J connectivity index is 2.52. The molecule has 0 spiro atoms. The van der Waals surface area contributed by atoms with Crippen LogP contribution in [0.5, 0.6) is 0 Å². The monoisotopic (exact) mass is 169 g/mol. The SMILES string of the molecule is CCNC1(C#N)CCN(O)CC1. The second-order valence-electron chi connectivity index (χ2n) is 3.18. The van der Waals surface area contributed by atoms with Crippen LogP contribution in [0.2, 0.25) is 0 Å². The highest BCUT2D eigenvalue weighted by Crippen LogP contribution is 2.19. The summed E-state index contributed by atoms with van der Waals surface area (Å²) in [6.07, 6.45) is 1.40. The molecule has 0 aromatic rings. The van der Waals surface area contributed by atoms with Crippen molar-refractivity contribution in [2.45, 2.75) is 25.3 Å². The lowest BCUT2D eigenvalue weighted by Gasteiger charge is -2.34. The molecule has 1 saturated heterocycles. The number of nitrogens with zero attached hydrogens (tertiary/aromatic N) is 2. The fraction of sp³-hybridized carbons (Fsp3) is 0.875. The van der Waals surface area contributed by atoms with E-state index in [0.29, 0.717) is 25.9 Å². The van der Waals surface area contributed by atoms with Crippen molar-refractivity contribution in [2.24, 2.45) is 0 Å². The Morgan fingerprint density at radius 2 is 2.17 bits per heavy atom. The summed E-state index contributed by atoms with van der Waals surface area (Å²) < 4.78 is 0. The van der Waals surface area contributed by atoms with E-state index in [1.54, 1.807) is 0 Å². The molecule has 0 amide bonds. The van der Waals surface area contributed by atoms with E-state index in [9.17, 15) is 0 Å². The van der Waals surface area contributed by atoms with Gasteiger partial charge in [0.25, 0.3) is 0 Å². The highest BCUT2D eigenvalue weighted by atomic mass is 16.5. The molecule has 0 radical (unpaired) electrons. The predicted molar refractivity (Wildman–Crippen MR) is 44.6 cm³/mol. The van der Waals surface area contributed by atoms with E-state index in [-0.39, 0.29) is 0 Å². The quantitative estimate of drug-likeness (QED) is 0.626. The van der Waals surface area contributed by atoms with Crippen molar-refractivity contribution in [3.8, 4) is 6.07 Å². The van der Waals surface area contributed by atoms with Crippen LogP contribution < -0.4 is 5.32 Å². The fourth-order valence-corrected chi connectivity index (χ4v) is 1.54. The predicted octanol–water partition coefficient (Wildman–Crippen LogP) is 0.343. The molecular weight excluding hydrogens is 154 g/mol. The van der Waals surface area contributed by atoms with E-state index >= 15 is 0 Å². The summed E-state index contributed by atoms with van der Waals surface area (Å²) >= 11 is 0. The summed E-state index contributed by atoms with van der Waals surface area (Å²) in [5.41, 5.74) is -0.395. The van der Waals surface area contributed by atoms with Crippen molar-refractivity contribution < 1.29 is 5.21 Å². The Bertz CT molecular complexity index is 179. The summed E-state index contributed by atoms with van der Waals surface area (Å²) in [5.74, 6) is 0. The molecule has 0 atom stereocenters. The standard InChI is InChI=1S/C8H15N3O/c1-2-10-8(7-9)3-5-11(12)6-4-8/h10,12H,2-6H2,1H3. The molecule has 1 rings (SSSR count). The molecule has 12 heavy (non-hydrogen) atoms. The molecule has 0 bridgehead atoms. The van der Waals surface area contributed by atoms with Crippen LogP contribution in [0.4, 0.5) is 0 Å². The van der Waals surface area contributed by atoms with Crippen molar-refractivity contribution in [3.63, 3.8) is 0 Å². The zero-order valence-corrected chi connectivity index (χ0v) is 7.38. The molecule has 2 N–H and O–H groups in total. The molecule has 0 saturated carbocycles. The van der Waals surface area contributed by atoms with Crippen LogP contribution >= 0.6 is 0 Å². The first-order valence-corrected chi connectivity index (χ1v) is 4.32. The van der Waals surface area contributed by atoms with Gasteiger partial charge in [-0.05, 0) is 19.4 Å². The first-order valence-electron chi connectivity index (χ1n) is 4.32. The average molecular weight is 169 g/mol. The van der Waals surface area contributed by atoms with Gasteiger partial charge in [0.2, 0.25) is 0 Å². The summed E-state index contributed by atoms with van der Waals surface area (Å²) in [5, 5.41) is 22.5. The van der Waals surface area contributed by atoms with Crippen LogP contribution in [0.1, 0.15) is 19.8 Å². The second-order valence-corrected chi connectivity index (χ2v) is 3.18. The number of nitrogens with one attached hydrogen (secondary N) is 1. The van der Waals surface area contributed by atoms with Gasteiger partial charge in [-0.25, -0.2) is 0 Å². The van der Waals surface area contributed by atoms with Gasteiger partial charge < -0.3 is 5.21 Å². The lowest BCUT2D eigenvalue weighted by Crippen LogP contribution is -2.51. The van der Waals surface area contributed by atoms with E-state index in [1.807, 2.05) is 6.92 Å². The lowest BCUT2D eigenvalue weighted by molar-refractivity contribution is -0.113. The number of rotatable bonds is 2. The summed E-state index contributed by atoms with van der Waals surface area (Å²) in [4.78, 5) is 0.